The predicted octanol–water partition coefficient (Wildman–Crippen LogP) is 3.38. The van der Waals surface area contributed by atoms with Gasteiger partial charge in [0.2, 0.25) is 0 Å². The summed E-state index contributed by atoms with van der Waals surface area (Å²) in [6, 6.07) is 8.52. The maximum absolute atomic E-state index is 11.3. The minimum atomic E-state index is 0.131. The third-order valence-electron chi connectivity index (χ3n) is 2.65. The van der Waals surface area contributed by atoms with Crippen molar-refractivity contribution in [3.8, 4) is 0 Å². The third kappa shape index (κ3) is 7.23. The average Bonchev–Trinajstić information content (AvgIpc) is 2.38. The van der Waals surface area contributed by atoms with E-state index in [2.05, 4.69) is 36.5 Å². The van der Waals surface area contributed by atoms with Crippen LogP contribution in [0, 0.1) is 12.8 Å². The van der Waals surface area contributed by atoms with Crippen molar-refractivity contribution in [2.75, 3.05) is 13.1 Å². The van der Waals surface area contributed by atoms with Gasteiger partial charge in [0.1, 0.15) is 5.78 Å². The van der Waals surface area contributed by atoms with E-state index in [9.17, 15) is 4.79 Å². The molecule has 1 aromatic rings. The van der Waals surface area contributed by atoms with Crippen molar-refractivity contribution in [1.82, 2.24) is 5.32 Å². The largest absolute Gasteiger partial charge is 0.310 e. The molecule has 0 atom stereocenters. The highest BCUT2D eigenvalue weighted by Crippen LogP contribution is 2.03. The number of ketones is 1. The first-order chi connectivity index (χ1) is 8.59. The SMILES string of the molecule is CC.Cc1ccc(CCNCC(=O)C(C)C)cc1. The van der Waals surface area contributed by atoms with Crippen LogP contribution >= 0.6 is 0 Å². The molecule has 0 saturated heterocycles. The van der Waals surface area contributed by atoms with Crippen LogP contribution in [0.3, 0.4) is 0 Å². The zero-order valence-electron chi connectivity index (χ0n) is 12.4. The van der Waals surface area contributed by atoms with Crippen LogP contribution in [0.4, 0.5) is 0 Å². The molecule has 1 aromatic carbocycles. The molecule has 0 saturated carbocycles. The standard InChI is InChI=1S/C14H21NO.C2H6/c1-11(2)14(16)10-15-9-8-13-6-4-12(3)5-7-13;1-2/h4-7,11,15H,8-10H2,1-3H3;1-2H3. The van der Waals surface area contributed by atoms with Gasteiger partial charge in [-0.25, -0.2) is 0 Å². The van der Waals surface area contributed by atoms with Crippen molar-refractivity contribution < 1.29 is 4.79 Å². The molecular weight excluding hydrogens is 222 g/mol. The Kier molecular flexibility index (Phi) is 9.21. The Morgan fingerprint density at radius 2 is 1.72 bits per heavy atom. The molecule has 0 aromatic heterocycles. The van der Waals surface area contributed by atoms with Crippen LogP contribution in [0.5, 0.6) is 0 Å². The van der Waals surface area contributed by atoms with Gasteiger partial charge < -0.3 is 5.32 Å². The molecule has 0 amide bonds. The maximum Gasteiger partial charge on any atom is 0.149 e. The summed E-state index contributed by atoms with van der Waals surface area (Å²) in [6.07, 6.45) is 0.978. The Bertz CT molecular complexity index is 327. The van der Waals surface area contributed by atoms with Gasteiger partial charge in [0.15, 0.2) is 0 Å². The minimum Gasteiger partial charge on any atom is -0.310 e. The number of hydrogen-bond acceptors (Lipinski definition) is 2. The molecule has 0 unspecified atom stereocenters. The van der Waals surface area contributed by atoms with Crippen molar-refractivity contribution in [2.24, 2.45) is 5.92 Å². The molecule has 2 heteroatoms. The summed E-state index contributed by atoms with van der Waals surface area (Å²) in [7, 11) is 0. The van der Waals surface area contributed by atoms with Crippen molar-refractivity contribution in [3.05, 3.63) is 35.4 Å². The molecule has 0 fully saturated rings. The van der Waals surface area contributed by atoms with E-state index >= 15 is 0 Å². The second-order valence-corrected chi connectivity index (χ2v) is 4.53. The van der Waals surface area contributed by atoms with Crippen LogP contribution in [0.25, 0.3) is 0 Å². The van der Waals surface area contributed by atoms with Crippen LogP contribution in [0.15, 0.2) is 24.3 Å². The highest BCUT2D eigenvalue weighted by Gasteiger charge is 2.05. The van der Waals surface area contributed by atoms with E-state index in [4.69, 9.17) is 0 Å². The lowest BCUT2D eigenvalue weighted by Gasteiger charge is -2.06. The highest BCUT2D eigenvalue weighted by atomic mass is 16.1. The van der Waals surface area contributed by atoms with E-state index in [1.165, 1.54) is 11.1 Å². The summed E-state index contributed by atoms with van der Waals surface area (Å²) in [4.78, 5) is 11.3. The molecule has 102 valence electrons. The van der Waals surface area contributed by atoms with Crippen molar-refractivity contribution in [2.45, 2.75) is 41.0 Å². The van der Waals surface area contributed by atoms with Gasteiger partial charge in [-0.1, -0.05) is 57.5 Å². The van der Waals surface area contributed by atoms with Crippen LogP contribution in [0.1, 0.15) is 38.8 Å². The summed E-state index contributed by atoms with van der Waals surface area (Å²) in [5.74, 6) is 0.413. The second-order valence-electron chi connectivity index (χ2n) is 4.53. The molecule has 2 nitrogen and oxygen atoms in total. The number of carbonyl (C=O) groups excluding carboxylic acids is 1. The fourth-order valence-corrected chi connectivity index (χ4v) is 1.40. The van der Waals surface area contributed by atoms with Gasteiger partial charge in [0.05, 0.1) is 6.54 Å². The topological polar surface area (TPSA) is 29.1 Å². The summed E-state index contributed by atoms with van der Waals surface area (Å²) in [5, 5.41) is 3.18. The van der Waals surface area contributed by atoms with Gasteiger partial charge in [0.25, 0.3) is 0 Å². The molecule has 0 aliphatic carbocycles. The van der Waals surface area contributed by atoms with E-state index in [1.807, 2.05) is 27.7 Å². The Morgan fingerprint density at radius 1 is 1.17 bits per heavy atom. The molecule has 1 N–H and O–H groups in total. The first kappa shape index (κ1) is 16.9. The fraction of sp³-hybridized carbons (Fsp3) is 0.562. The van der Waals surface area contributed by atoms with Crippen LogP contribution < -0.4 is 5.32 Å². The molecular formula is C16H27NO. The van der Waals surface area contributed by atoms with Gasteiger partial charge in [-0.3, -0.25) is 4.79 Å². The molecule has 0 heterocycles. The van der Waals surface area contributed by atoms with Crippen LogP contribution in [0.2, 0.25) is 0 Å². The van der Waals surface area contributed by atoms with E-state index in [0.717, 1.165) is 13.0 Å². The van der Waals surface area contributed by atoms with Gasteiger partial charge in [-0.05, 0) is 25.5 Å². The van der Waals surface area contributed by atoms with Crippen LogP contribution in [-0.2, 0) is 11.2 Å². The lowest BCUT2D eigenvalue weighted by molar-refractivity contribution is -0.121. The van der Waals surface area contributed by atoms with Crippen molar-refractivity contribution >= 4 is 5.78 Å². The minimum absolute atomic E-state index is 0.131. The monoisotopic (exact) mass is 249 g/mol. The third-order valence-corrected chi connectivity index (χ3v) is 2.65. The first-order valence-corrected chi connectivity index (χ1v) is 6.88. The summed E-state index contributed by atoms with van der Waals surface area (Å²) in [5.41, 5.74) is 2.60. The number of carbonyl (C=O) groups is 1. The Labute approximate surface area is 112 Å². The molecule has 0 spiro atoms. The van der Waals surface area contributed by atoms with Crippen molar-refractivity contribution in [1.29, 1.82) is 0 Å². The smallest absolute Gasteiger partial charge is 0.149 e. The second kappa shape index (κ2) is 9.84. The van der Waals surface area contributed by atoms with Crippen molar-refractivity contribution in [3.63, 3.8) is 0 Å². The number of rotatable bonds is 6. The molecule has 0 radical (unpaired) electrons. The maximum atomic E-state index is 11.3. The van der Waals surface area contributed by atoms with E-state index < -0.39 is 0 Å². The average molecular weight is 249 g/mol. The number of aryl methyl sites for hydroxylation is 1. The lowest BCUT2D eigenvalue weighted by Crippen LogP contribution is -2.27. The molecule has 18 heavy (non-hydrogen) atoms. The lowest BCUT2D eigenvalue weighted by atomic mass is 10.1. The first-order valence-electron chi connectivity index (χ1n) is 6.88. The number of Topliss-reactive ketones (excluding diaryl/α,β-unsaturated/α-hetero) is 1. The van der Waals surface area contributed by atoms with Gasteiger partial charge >= 0.3 is 0 Å². The Balaban J connectivity index is 0.00000137. The number of nitrogens with one attached hydrogen (secondary N) is 1. The quantitative estimate of drug-likeness (QED) is 0.783. The molecule has 0 aliphatic rings. The molecule has 0 bridgehead atoms. The van der Waals surface area contributed by atoms with Gasteiger partial charge in [-0.15, -0.1) is 0 Å². The van der Waals surface area contributed by atoms with E-state index in [1.54, 1.807) is 0 Å². The number of hydrogen-bond donors (Lipinski definition) is 1. The predicted molar refractivity (Wildman–Crippen MR) is 78.9 cm³/mol. The van der Waals surface area contributed by atoms with Gasteiger partial charge in [0, 0.05) is 5.92 Å². The summed E-state index contributed by atoms with van der Waals surface area (Å²) >= 11 is 0. The summed E-state index contributed by atoms with van der Waals surface area (Å²) in [6.45, 7) is 11.3. The highest BCUT2D eigenvalue weighted by molar-refractivity contribution is 5.82. The Hall–Kier alpha value is -1.15. The zero-order chi connectivity index (χ0) is 14.0. The Morgan fingerprint density at radius 3 is 2.22 bits per heavy atom. The fourth-order valence-electron chi connectivity index (χ4n) is 1.40. The number of benzene rings is 1. The van der Waals surface area contributed by atoms with Crippen LogP contribution in [-0.4, -0.2) is 18.9 Å². The zero-order valence-corrected chi connectivity index (χ0v) is 12.4. The van der Waals surface area contributed by atoms with E-state index in [-0.39, 0.29) is 11.7 Å². The molecule has 1 rings (SSSR count). The summed E-state index contributed by atoms with van der Waals surface area (Å²) < 4.78 is 0. The van der Waals surface area contributed by atoms with E-state index in [0.29, 0.717) is 6.54 Å². The van der Waals surface area contributed by atoms with Gasteiger partial charge in [-0.2, -0.15) is 0 Å². The molecule has 0 aliphatic heterocycles. The normalized spacial score (nSPS) is 9.89.